The van der Waals surface area contributed by atoms with Crippen molar-refractivity contribution in [2.24, 2.45) is 0 Å². The van der Waals surface area contributed by atoms with Crippen molar-refractivity contribution < 1.29 is 26.4 Å². The lowest BCUT2D eigenvalue weighted by atomic mass is 10.2. The van der Waals surface area contributed by atoms with E-state index in [1.807, 2.05) is 0 Å². The van der Waals surface area contributed by atoms with Gasteiger partial charge in [-0.25, -0.2) is 8.42 Å². The molecule has 0 unspecified atom stereocenters. The van der Waals surface area contributed by atoms with Crippen molar-refractivity contribution in [3.05, 3.63) is 66.0 Å². The molecule has 1 aliphatic heterocycles. The summed E-state index contributed by atoms with van der Waals surface area (Å²) in [4.78, 5) is 17.3. The van der Waals surface area contributed by atoms with Crippen LogP contribution in [-0.4, -0.2) is 54.7 Å². The molecule has 0 bridgehead atoms. The molecule has 2 aromatic rings. The standard InChI is InChI=1S/C19H18F3N3O3S/c20-19(21,22)16-4-1-5-17(13-16)29(27,28)25-11-9-24(10-12-25)18(26)7-6-15-3-2-8-23-14-15/h1-8,13-14H,9-12H2/b7-6+. The molecule has 0 aliphatic carbocycles. The van der Waals surface area contributed by atoms with Crippen molar-refractivity contribution in [1.29, 1.82) is 0 Å². The number of carbonyl (C=O) groups is 1. The Morgan fingerprint density at radius 3 is 2.41 bits per heavy atom. The summed E-state index contributed by atoms with van der Waals surface area (Å²) in [5, 5.41) is 0. The molecule has 10 heteroatoms. The Kier molecular flexibility index (Phi) is 6.04. The van der Waals surface area contributed by atoms with Gasteiger partial charge in [0.1, 0.15) is 0 Å². The van der Waals surface area contributed by atoms with E-state index in [0.29, 0.717) is 6.07 Å². The maximum Gasteiger partial charge on any atom is 0.416 e. The first-order valence-electron chi connectivity index (χ1n) is 8.72. The van der Waals surface area contributed by atoms with E-state index in [-0.39, 0.29) is 32.1 Å². The zero-order valence-electron chi connectivity index (χ0n) is 15.2. The smallest absolute Gasteiger partial charge is 0.337 e. The number of benzene rings is 1. The number of alkyl halides is 3. The number of hydrogen-bond acceptors (Lipinski definition) is 4. The molecule has 1 amide bonds. The zero-order valence-corrected chi connectivity index (χ0v) is 16.0. The lowest BCUT2D eigenvalue weighted by Crippen LogP contribution is -2.50. The monoisotopic (exact) mass is 425 g/mol. The van der Waals surface area contributed by atoms with E-state index in [4.69, 9.17) is 0 Å². The largest absolute Gasteiger partial charge is 0.416 e. The lowest BCUT2D eigenvalue weighted by molar-refractivity contribution is -0.137. The van der Waals surface area contributed by atoms with Gasteiger partial charge in [0.05, 0.1) is 10.5 Å². The molecule has 1 aliphatic rings. The van der Waals surface area contributed by atoms with Gasteiger partial charge in [-0.05, 0) is 35.9 Å². The Bertz CT molecular complexity index is 1000. The highest BCUT2D eigenvalue weighted by atomic mass is 32.2. The Balaban J connectivity index is 1.65. The number of hydrogen-bond donors (Lipinski definition) is 0. The van der Waals surface area contributed by atoms with Gasteiger partial charge in [0.25, 0.3) is 0 Å². The number of nitrogens with zero attached hydrogens (tertiary/aromatic N) is 3. The van der Waals surface area contributed by atoms with Crippen LogP contribution in [0.1, 0.15) is 11.1 Å². The summed E-state index contributed by atoms with van der Waals surface area (Å²) in [5.41, 5.74) is -0.264. The average Bonchev–Trinajstić information content (AvgIpc) is 2.72. The molecule has 0 spiro atoms. The number of halogens is 3. The molecule has 0 atom stereocenters. The van der Waals surface area contributed by atoms with Crippen molar-refractivity contribution >= 4 is 22.0 Å². The summed E-state index contributed by atoms with van der Waals surface area (Å²) in [7, 11) is -4.08. The van der Waals surface area contributed by atoms with Gasteiger partial charge in [0.15, 0.2) is 0 Å². The Morgan fingerprint density at radius 2 is 1.79 bits per heavy atom. The fourth-order valence-electron chi connectivity index (χ4n) is 2.88. The van der Waals surface area contributed by atoms with Crippen LogP contribution in [0.5, 0.6) is 0 Å². The van der Waals surface area contributed by atoms with Gasteiger partial charge in [0, 0.05) is 44.6 Å². The van der Waals surface area contributed by atoms with Gasteiger partial charge < -0.3 is 4.90 Å². The molecule has 0 radical (unpaired) electrons. The molecule has 1 fully saturated rings. The molecular formula is C19H18F3N3O3S. The van der Waals surface area contributed by atoms with E-state index < -0.39 is 26.7 Å². The van der Waals surface area contributed by atoms with Crippen LogP contribution in [-0.2, 0) is 21.0 Å². The predicted molar refractivity (Wildman–Crippen MR) is 100 cm³/mol. The first kappa shape index (κ1) is 21.0. The number of sulfonamides is 1. The van der Waals surface area contributed by atoms with E-state index in [2.05, 4.69) is 4.98 Å². The number of carbonyl (C=O) groups excluding carboxylic acids is 1. The van der Waals surface area contributed by atoms with Crippen LogP contribution in [0.4, 0.5) is 13.2 Å². The molecule has 3 rings (SSSR count). The van der Waals surface area contributed by atoms with Gasteiger partial charge in [-0.3, -0.25) is 9.78 Å². The summed E-state index contributed by atoms with van der Waals surface area (Å²) in [5.74, 6) is -0.273. The molecule has 154 valence electrons. The summed E-state index contributed by atoms with van der Waals surface area (Å²) in [6, 6.07) is 7.18. The average molecular weight is 425 g/mol. The van der Waals surface area contributed by atoms with Crippen LogP contribution in [0, 0.1) is 0 Å². The highest BCUT2D eigenvalue weighted by Crippen LogP contribution is 2.31. The molecule has 1 saturated heterocycles. The SMILES string of the molecule is O=C(/C=C/c1cccnc1)N1CCN(S(=O)(=O)c2cccc(C(F)(F)F)c2)CC1. The van der Waals surface area contributed by atoms with Crippen molar-refractivity contribution in [3.63, 3.8) is 0 Å². The molecule has 1 aromatic heterocycles. The van der Waals surface area contributed by atoms with E-state index in [9.17, 15) is 26.4 Å². The topological polar surface area (TPSA) is 70.6 Å². The fraction of sp³-hybridized carbons (Fsp3) is 0.263. The lowest BCUT2D eigenvalue weighted by Gasteiger charge is -2.33. The second kappa shape index (κ2) is 8.34. The third-order valence-electron chi connectivity index (χ3n) is 4.45. The molecule has 6 nitrogen and oxygen atoms in total. The van der Waals surface area contributed by atoms with Crippen LogP contribution >= 0.6 is 0 Å². The van der Waals surface area contributed by atoms with E-state index >= 15 is 0 Å². The molecule has 2 heterocycles. The maximum atomic E-state index is 12.9. The predicted octanol–water partition coefficient (Wildman–Crippen LogP) is 2.65. The second-order valence-corrected chi connectivity index (χ2v) is 8.31. The van der Waals surface area contributed by atoms with Gasteiger partial charge >= 0.3 is 6.18 Å². The summed E-state index contributed by atoms with van der Waals surface area (Å²) in [6.45, 7) is 0.304. The number of piperazine rings is 1. The number of pyridine rings is 1. The van der Waals surface area contributed by atoms with E-state index in [0.717, 1.165) is 28.1 Å². The van der Waals surface area contributed by atoms with E-state index in [1.165, 1.54) is 11.0 Å². The maximum absolute atomic E-state index is 12.9. The third kappa shape index (κ3) is 5.01. The number of aromatic nitrogens is 1. The fourth-order valence-corrected chi connectivity index (χ4v) is 4.35. The number of rotatable bonds is 4. The van der Waals surface area contributed by atoms with E-state index in [1.54, 1.807) is 30.6 Å². The third-order valence-corrected chi connectivity index (χ3v) is 6.35. The Hall–Kier alpha value is -2.72. The summed E-state index contributed by atoms with van der Waals surface area (Å²) in [6.07, 6.45) is 1.58. The quantitative estimate of drug-likeness (QED) is 0.707. The van der Waals surface area contributed by atoms with Crippen LogP contribution in [0.25, 0.3) is 6.08 Å². The molecule has 1 aromatic carbocycles. The first-order valence-corrected chi connectivity index (χ1v) is 10.2. The minimum atomic E-state index is -4.63. The van der Waals surface area contributed by atoms with Crippen molar-refractivity contribution in [3.8, 4) is 0 Å². The normalized spacial score (nSPS) is 16.3. The van der Waals surface area contributed by atoms with Crippen LogP contribution in [0.2, 0.25) is 0 Å². The first-order chi connectivity index (χ1) is 13.7. The van der Waals surface area contributed by atoms with Gasteiger partial charge in [-0.2, -0.15) is 17.5 Å². The van der Waals surface area contributed by atoms with Crippen molar-refractivity contribution in [1.82, 2.24) is 14.2 Å². The van der Waals surface area contributed by atoms with Crippen molar-refractivity contribution in [2.75, 3.05) is 26.2 Å². The number of amides is 1. The second-order valence-electron chi connectivity index (χ2n) is 6.37. The molecule has 29 heavy (non-hydrogen) atoms. The zero-order chi connectivity index (χ0) is 21.1. The highest BCUT2D eigenvalue weighted by Gasteiger charge is 2.34. The summed E-state index contributed by atoms with van der Waals surface area (Å²) >= 11 is 0. The van der Waals surface area contributed by atoms with Gasteiger partial charge in [-0.15, -0.1) is 0 Å². The Labute approximate surface area is 166 Å². The minimum absolute atomic E-state index is 0.00501. The highest BCUT2D eigenvalue weighted by molar-refractivity contribution is 7.89. The van der Waals surface area contributed by atoms with Gasteiger partial charge in [0.2, 0.25) is 15.9 Å². The minimum Gasteiger partial charge on any atom is -0.337 e. The molecular weight excluding hydrogens is 407 g/mol. The summed E-state index contributed by atoms with van der Waals surface area (Å²) < 4.78 is 65.1. The van der Waals surface area contributed by atoms with Crippen LogP contribution < -0.4 is 0 Å². The van der Waals surface area contributed by atoms with Crippen molar-refractivity contribution in [2.45, 2.75) is 11.1 Å². The van der Waals surface area contributed by atoms with Gasteiger partial charge in [-0.1, -0.05) is 12.1 Å². The molecule has 0 saturated carbocycles. The molecule has 0 N–H and O–H groups in total. The van der Waals surface area contributed by atoms with Crippen LogP contribution in [0.3, 0.4) is 0 Å². The Morgan fingerprint density at radius 1 is 1.07 bits per heavy atom. The van der Waals surface area contributed by atoms with Crippen LogP contribution in [0.15, 0.2) is 59.8 Å².